The summed E-state index contributed by atoms with van der Waals surface area (Å²) in [5.41, 5.74) is -0.926. The zero-order valence-corrected chi connectivity index (χ0v) is 10.9. The van der Waals surface area contributed by atoms with E-state index in [0.29, 0.717) is 19.4 Å². The zero-order valence-electron chi connectivity index (χ0n) is 10.9. The second-order valence-electron chi connectivity index (χ2n) is 5.70. The van der Waals surface area contributed by atoms with Gasteiger partial charge in [-0.2, -0.15) is 0 Å². The Hall–Kier alpha value is -1.34. The van der Waals surface area contributed by atoms with Crippen molar-refractivity contribution in [3.63, 3.8) is 0 Å². The lowest BCUT2D eigenvalue weighted by Crippen LogP contribution is -2.54. The van der Waals surface area contributed by atoms with Crippen LogP contribution in [0.3, 0.4) is 0 Å². The lowest BCUT2D eigenvalue weighted by molar-refractivity contribution is -0.141. The SMILES string of the molecule is CC1(O)CCCN(C(=O)N2C[C@H](O)C[C@H]2C(=O)O)C1. The Kier molecular flexibility index (Phi) is 3.69. The Morgan fingerprint density at radius 1 is 1.37 bits per heavy atom. The van der Waals surface area contributed by atoms with Crippen LogP contribution in [0.1, 0.15) is 26.2 Å². The molecule has 108 valence electrons. The fourth-order valence-electron chi connectivity index (χ4n) is 2.82. The quantitative estimate of drug-likeness (QED) is 0.596. The number of urea groups is 1. The summed E-state index contributed by atoms with van der Waals surface area (Å²) in [6.45, 7) is 2.41. The molecule has 0 spiro atoms. The van der Waals surface area contributed by atoms with Gasteiger partial charge in [-0.25, -0.2) is 9.59 Å². The highest BCUT2D eigenvalue weighted by Gasteiger charge is 2.42. The number of rotatable bonds is 1. The second-order valence-corrected chi connectivity index (χ2v) is 5.70. The minimum absolute atomic E-state index is 0.0362. The minimum atomic E-state index is -1.10. The normalized spacial score (nSPS) is 35.5. The number of carbonyl (C=O) groups excluding carboxylic acids is 1. The van der Waals surface area contributed by atoms with Crippen LogP contribution in [0, 0.1) is 0 Å². The van der Waals surface area contributed by atoms with Gasteiger partial charge in [0.15, 0.2) is 0 Å². The number of β-amino-alcohol motifs (C(OH)–C–C–N with tert-alkyl or cyclic N) is 2. The molecule has 2 aliphatic heterocycles. The number of aliphatic hydroxyl groups is 2. The molecule has 1 unspecified atom stereocenters. The van der Waals surface area contributed by atoms with Gasteiger partial charge in [0.25, 0.3) is 0 Å². The maximum atomic E-state index is 12.3. The Bertz CT molecular complexity index is 384. The number of carbonyl (C=O) groups is 2. The van der Waals surface area contributed by atoms with Gasteiger partial charge in [0.2, 0.25) is 0 Å². The Labute approximate surface area is 111 Å². The molecule has 2 saturated heterocycles. The molecule has 3 N–H and O–H groups in total. The molecule has 2 amide bonds. The fraction of sp³-hybridized carbons (Fsp3) is 0.833. The second kappa shape index (κ2) is 4.97. The van der Waals surface area contributed by atoms with Crippen molar-refractivity contribution in [2.24, 2.45) is 0 Å². The van der Waals surface area contributed by atoms with E-state index in [-0.39, 0.29) is 19.5 Å². The summed E-state index contributed by atoms with van der Waals surface area (Å²) >= 11 is 0. The third kappa shape index (κ3) is 2.98. The van der Waals surface area contributed by atoms with E-state index < -0.39 is 29.7 Å². The topological polar surface area (TPSA) is 101 Å². The smallest absolute Gasteiger partial charge is 0.326 e. The number of likely N-dealkylation sites (tertiary alicyclic amines) is 2. The van der Waals surface area contributed by atoms with E-state index in [0.717, 1.165) is 0 Å². The highest BCUT2D eigenvalue weighted by molar-refractivity contribution is 5.83. The zero-order chi connectivity index (χ0) is 14.2. The molecule has 0 saturated carbocycles. The van der Waals surface area contributed by atoms with E-state index in [1.54, 1.807) is 6.92 Å². The number of hydrogen-bond donors (Lipinski definition) is 3. The molecule has 0 aromatic carbocycles. The molecule has 2 aliphatic rings. The molecule has 2 heterocycles. The highest BCUT2D eigenvalue weighted by atomic mass is 16.4. The van der Waals surface area contributed by atoms with Crippen molar-refractivity contribution in [3.05, 3.63) is 0 Å². The number of nitrogens with zero attached hydrogens (tertiary/aromatic N) is 2. The summed E-state index contributed by atoms with van der Waals surface area (Å²) in [6, 6.07) is -1.39. The van der Waals surface area contributed by atoms with Gasteiger partial charge < -0.3 is 25.1 Å². The maximum Gasteiger partial charge on any atom is 0.326 e. The van der Waals surface area contributed by atoms with E-state index in [1.165, 1.54) is 9.80 Å². The summed E-state index contributed by atoms with van der Waals surface area (Å²) in [6.07, 6.45) is 0.579. The van der Waals surface area contributed by atoms with Crippen LogP contribution in [0.4, 0.5) is 4.79 Å². The van der Waals surface area contributed by atoms with E-state index in [4.69, 9.17) is 5.11 Å². The number of piperidine rings is 1. The molecular weight excluding hydrogens is 252 g/mol. The Balaban J connectivity index is 2.08. The van der Waals surface area contributed by atoms with Crippen LogP contribution in [-0.2, 0) is 4.79 Å². The van der Waals surface area contributed by atoms with Crippen molar-refractivity contribution in [2.45, 2.75) is 43.9 Å². The standard InChI is InChI=1S/C12H20N2O5/c1-12(19)3-2-4-13(7-12)11(18)14-6-8(15)5-9(14)10(16)17/h8-9,15,19H,2-7H2,1H3,(H,16,17)/t8-,9+,12?/m1/s1. The predicted octanol–water partition coefficient (Wildman–Crippen LogP) is -0.527. The van der Waals surface area contributed by atoms with Gasteiger partial charge in [-0.15, -0.1) is 0 Å². The Morgan fingerprint density at radius 3 is 2.63 bits per heavy atom. The molecule has 0 aliphatic carbocycles. The largest absolute Gasteiger partial charge is 0.480 e. The summed E-state index contributed by atoms with van der Waals surface area (Å²) in [7, 11) is 0. The van der Waals surface area contributed by atoms with Crippen LogP contribution in [0.2, 0.25) is 0 Å². The molecule has 0 aromatic rings. The first kappa shape index (κ1) is 14.1. The number of carboxylic acid groups (broad SMARTS) is 1. The number of aliphatic carboxylic acids is 1. The molecule has 3 atom stereocenters. The van der Waals surface area contributed by atoms with Crippen LogP contribution in [0.25, 0.3) is 0 Å². The van der Waals surface area contributed by atoms with Crippen LogP contribution < -0.4 is 0 Å². The van der Waals surface area contributed by atoms with E-state index in [1.807, 2.05) is 0 Å². The lowest BCUT2D eigenvalue weighted by Gasteiger charge is -2.39. The van der Waals surface area contributed by atoms with Gasteiger partial charge in [-0.3, -0.25) is 0 Å². The number of hydrogen-bond acceptors (Lipinski definition) is 4. The van der Waals surface area contributed by atoms with Crippen molar-refractivity contribution in [2.75, 3.05) is 19.6 Å². The first-order valence-corrected chi connectivity index (χ1v) is 6.49. The average Bonchev–Trinajstić information content (AvgIpc) is 2.69. The van der Waals surface area contributed by atoms with Crippen LogP contribution in [0.5, 0.6) is 0 Å². The maximum absolute atomic E-state index is 12.3. The van der Waals surface area contributed by atoms with Gasteiger partial charge in [-0.05, 0) is 19.8 Å². The van der Waals surface area contributed by atoms with Crippen molar-refractivity contribution in [3.8, 4) is 0 Å². The van der Waals surface area contributed by atoms with E-state index in [9.17, 15) is 19.8 Å². The van der Waals surface area contributed by atoms with Crippen molar-refractivity contribution >= 4 is 12.0 Å². The molecule has 19 heavy (non-hydrogen) atoms. The molecule has 7 heteroatoms. The minimum Gasteiger partial charge on any atom is -0.480 e. The van der Waals surface area contributed by atoms with E-state index >= 15 is 0 Å². The van der Waals surface area contributed by atoms with E-state index in [2.05, 4.69) is 0 Å². The first-order chi connectivity index (χ1) is 8.80. The molecular formula is C12H20N2O5. The molecule has 2 fully saturated rings. The first-order valence-electron chi connectivity index (χ1n) is 6.49. The van der Waals surface area contributed by atoms with Crippen molar-refractivity contribution in [1.29, 1.82) is 0 Å². The number of amides is 2. The highest BCUT2D eigenvalue weighted by Crippen LogP contribution is 2.25. The summed E-state index contributed by atoms with van der Waals surface area (Å²) in [4.78, 5) is 26.1. The van der Waals surface area contributed by atoms with Gasteiger partial charge >= 0.3 is 12.0 Å². The van der Waals surface area contributed by atoms with Gasteiger partial charge in [-0.1, -0.05) is 0 Å². The van der Waals surface area contributed by atoms with Gasteiger partial charge in [0.05, 0.1) is 18.2 Å². The molecule has 0 aromatic heterocycles. The Morgan fingerprint density at radius 2 is 2.05 bits per heavy atom. The molecule has 7 nitrogen and oxygen atoms in total. The number of aliphatic hydroxyl groups excluding tert-OH is 1. The van der Waals surface area contributed by atoms with Crippen LogP contribution in [-0.4, -0.2) is 74.5 Å². The monoisotopic (exact) mass is 272 g/mol. The summed E-state index contributed by atoms with van der Waals surface area (Å²) < 4.78 is 0. The molecule has 2 rings (SSSR count). The lowest BCUT2D eigenvalue weighted by atomic mass is 9.95. The number of carboxylic acids is 1. The van der Waals surface area contributed by atoms with Gasteiger partial charge in [0.1, 0.15) is 6.04 Å². The fourth-order valence-corrected chi connectivity index (χ4v) is 2.82. The molecule has 0 bridgehead atoms. The third-order valence-electron chi connectivity index (χ3n) is 3.76. The average molecular weight is 272 g/mol. The summed E-state index contributed by atoms with van der Waals surface area (Å²) in [5, 5.41) is 28.6. The van der Waals surface area contributed by atoms with Crippen LogP contribution in [0.15, 0.2) is 0 Å². The van der Waals surface area contributed by atoms with Crippen molar-refractivity contribution < 1.29 is 24.9 Å². The summed E-state index contributed by atoms with van der Waals surface area (Å²) in [5.74, 6) is -1.10. The van der Waals surface area contributed by atoms with Crippen LogP contribution >= 0.6 is 0 Å². The molecule has 0 radical (unpaired) electrons. The predicted molar refractivity (Wildman–Crippen MR) is 65.6 cm³/mol. The third-order valence-corrected chi connectivity index (χ3v) is 3.76. The van der Waals surface area contributed by atoms with Crippen molar-refractivity contribution in [1.82, 2.24) is 9.80 Å². The van der Waals surface area contributed by atoms with Gasteiger partial charge in [0, 0.05) is 19.5 Å².